The van der Waals surface area contributed by atoms with E-state index in [9.17, 15) is 14.7 Å². The van der Waals surface area contributed by atoms with Crippen LogP contribution in [0.25, 0.3) is 0 Å². The Balaban J connectivity index is 2.11. The van der Waals surface area contributed by atoms with Gasteiger partial charge >= 0.3 is 5.97 Å². The average molecular weight is 267 g/mol. The Morgan fingerprint density at radius 1 is 1.11 bits per heavy atom. The van der Waals surface area contributed by atoms with Gasteiger partial charge in [0.2, 0.25) is 5.91 Å². The molecule has 1 saturated heterocycles. The fraction of sp³-hybridized carbons (Fsp3) is 0.867. The maximum absolute atomic E-state index is 12.7. The first-order chi connectivity index (χ1) is 8.91. The van der Waals surface area contributed by atoms with Crippen molar-refractivity contribution in [3.63, 3.8) is 0 Å². The van der Waals surface area contributed by atoms with Crippen LogP contribution < -0.4 is 0 Å². The molecule has 1 amide bonds. The maximum Gasteiger partial charge on any atom is 0.307 e. The van der Waals surface area contributed by atoms with Crippen molar-refractivity contribution in [2.45, 2.75) is 52.5 Å². The zero-order valence-corrected chi connectivity index (χ0v) is 12.1. The van der Waals surface area contributed by atoms with Crippen LogP contribution in [0.5, 0.6) is 0 Å². The van der Waals surface area contributed by atoms with Crippen molar-refractivity contribution in [3.8, 4) is 0 Å². The van der Waals surface area contributed by atoms with Crippen molar-refractivity contribution in [1.82, 2.24) is 4.90 Å². The van der Waals surface area contributed by atoms with Gasteiger partial charge in [0.1, 0.15) is 0 Å². The second kappa shape index (κ2) is 5.51. The largest absolute Gasteiger partial charge is 0.481 e. The molecular weight excluding hydrogens is 242 g/mol. The number of carboxylic acid groups (broad SMARTS) is 1. The van der Waals surface area contributed by atoms with Gasteiger partial charge in [-0.25, -0.2) is 0 Å². The van der Waals surface area contributed by atoms with E-state index in [1.165, 1.54) is 0 Å². The SMILES string of the molecule is CC1CC(C)C(C)N(C(=O)C2CCCC2C(=O)O)C1. The number of aliphatic carboxylic acids is 1. The molecule has 2 rings (SSSR count). The van der Waals surface area contributed by atoms with Crippen molar-refractivity contribution in [3.05, 3.63) is 0 Å². The predicted molar refractivity (Wildman–Crippen MR) is 72.6 cm³/mol. The molecule has 19 heavy (non-hydrogen) atoms. The zero-order valence-electron chi connectivity index (χ0n) is 12.1. The Morgan fingerprint density at radius 2 is 1.74 bits per heavy atom. The van der Waals surface area contributed by atoms with Crippen LogP contribution >= 0.6 is 0 Å². The van der Waals surface area contributed by atoms with Crippen LogP contribution in [0, 0.1) is 23.7 Å². The Labute approximate surface area is 115 Å². The van der Waals surface area contributed by atoms with Crippen LogP contribution in [0.1, 0.15) is 46.5 Å². The molecular formula is C15H25NO3. The highest BCUT2D eigenvalue weighted by Gasteiger charge is 2.42. The minimum atomic E-state index is -0.804. The Bertz CT molecular complexity index is 368. The van der Waals surface area contributed by atoms with Gasteiger partial charge in [-0.2, -0.15) is 0 Å². The number of carboxylic acids is 1. The van der Waals surface area contributed by atoms with Crippen LogP contribution in [0.2, 0.25) is 0 Å². The summed E-state index contributed by atoms with van der Waals surface area (Å²) in [4.78, 5) is 25.9. The first-order valence-corrected chi connectivity index (χ1v) is 7.45. The summed E-state index contributed by atoms with van der Waals surface area (Å²) >= 11 is 0. The number of nitrogens with zero attached hydrogens (tertiary/aromatic N) is 1. The van der Waals surface area contributed by atoms with Gasteiger partial charge in [-0.15, -0.1) is 0 Å². The van der Waals surface area contributed by atoms with Crippen molar-refractivity contribution >= 4 is 11.9 Å². The summed E-state index contributed by atoms with van der Waals surface area (Å²) in [5, 5.41) is 9.23. The quantitative estimate of drug-likeness (QED) is 0.835. The molecule has 5 unspecified atom stereocenters. The lowest BCUT2D eigenvalue weighted by Gasteiger charge is -2.42. The molecule has 1 heterocycles. The molecule has 0 radical (unpaired) electrons. The highest BCUT2D eigenvalue weighted by molar-refractivity contribution is 5.85. The highest BCUT2D eigenvalue weighted by atomic mass is 16.4. The molecule has 0 aromatic carbocycles. The van der Waals surface area contributed by atoms with Gasteiger partial charge < -0.3 is 10.0 Å². The highest BCUT2D eigenvalue weighted by Crippen LogP contribution is 2.36. The van der Waals surface area contributed by atoms with E-state index in [0.29, 0.717) is 18.3 Å². The van der Waals surface area contributed by atoms with Crippen LogP contribution in [0.3, 0.4) is 0 Å². The van der Waals surface area contributed by atoms with Crippen LogP contribution in [-0.2, 0) is 9.59 Å². The van der Waals surface area contributed by atoms with Gasteiger partial charge in [0, 0.05) is 12.6 Å². The van der Waals surface area contributed by atoms with Gasteiger partial charge in [0.25, 0.3) is 0 Å². The number of likely N-dealkylation sites (tertiary alicyclic amines) is 1. The van der Waals surface area contributed by atoms with Crippen molar-refractivity contribution in [1.29, 1.82) is 0 Å². The third kappa shape index (κ3) is 2.77. The molecule has 0 aromatic rings. The number of hydrogen-bond donors (Lipinski definition) is 1. The third-order valence-corrected chi connectivity index (χ3v) is 5.03. The van der Waals surface area contributed by atoms with Gasteiger partial charge in [-0.3, -0.25) is 9.59 Å². The molecule has 5 atom stereocenters. The second-order valence-electron chi connectivity index (χ2n) is 6.53. The molecule has 4 heteroatoms. The van der Waals surface area contributed by atoms with Crippen LogP contribution in [0.4, 0.5) is 0 Å². The van der Waals surface area contributed by atoms with Gasteiger partial charge in [-0.05, 0) is 38.0 Å². The Morgan fingerprint density at radius 3 is 2.37 bits per heavy atom. The van der Waals surface area contributed by atoms with Crippen molar-refractivity contribution < 1.29 is 14.7 Å². The lowest BCUT2D eigenvalue weighted by Crippen LogP contribution is -2.51. The minimum absolute atomic E-state index is 0.0794. The van der Waals surface area contributed by atoms with E-state index in [0.717, 1.165) is 25.8 Å². The maximum atomic E-state index is 12.7. The summed E-state index contributed by atoms with van der Waals surface area (Å²) in [6.45, 7) is 7.24. The van der Waals surface area contributed by atoms with E-state index >= 15 is 0 Å². The van der Waals surface area contributed by atoms with E-state index < -0.39 is 11.9 Å². The van der Waals surface area contributed by atoms with E-state index in [-0.39, 0.29) is 17.9 Å². The topological polar surface area (TPSA) is 57.6 Å². The first-order valence-electron chi connectivity index (χ1n) is 7.45. The van der Waals surface area contributed by atoms with E-state index in [1.807, 2.05) is 4.90 Å². The second-order valence-corrected chi connectivity index (χ2v) is 6.53. The summed E-state index contributed by atoms with van der Waals surface area (Å²) in [5.41, 5.74) is 0. The molecule has 0 spiro atoms. The predicted octanol–water partition coefficient (Wildman–Crippen LogP) is 2.38. The number of piperidine rings is 1. The monoisotopic (exact) mass is 267 g/mol. The molecule has 1 N–H and O–H groups in total. The van der Waals surface area contributed by atoms with E-state index in [2.05, 4.69) is 20.8 Å². The molecule has 108 valence electrons. The van der Waals surface area contributed by atoms with Gasteiger partial charge in [0.15, 0.2) is 0 Å². The van der Waals surface area contributed by atoms with Gasteiger partial charge in [0.05, 0.1) is 11.8 Å². The first kappa shape index (κ1) is 14.4. The minimum Gasteiger partial charge on any atom is -0.481 e. The fourth-order valence-electron chi connectivity index (χ4n) is 3.77. The number of rotatable bonds is 2. The Hall–Kier alpha value is -1.06. The molecule has 1 aliphatic carbocycles. The molecule has 4 nitrogen and oxygen atoms in total. The number of carbonyl (C=O) groups is 2. The molecule has 2 aliphatic rings. The number of hydrogen-bond acceptors (Lipinski definition) is 2. The van der Waals surface area contributed by atoms with Gasteiger partial charge in [-0.1, -0.05) is 20.3 Å². The molecule has 0 aromatic heterocycles. The number of amides is 1. The molecule has 0 bridgehead atoms. The van der Waals surface area contributed by atoms with Crippen molar-refractivity contribution in [2.24, 2.45) is 23.7 Å². The summed E-state index contributed by atoms with van der Waals surface area (Å²) in [7, 11) is 0. The van der Waals surface area contributed by atoms with E-state index in [1.54, 1.807) is 0 Å². The lowest BCUT2D eigenvalue weighted by molar-refractivity contribution is -0.151. The summed E-state index contributed by atoms with van der Waals surface area (Å²) in [5.74, 6) is -0.473. The average Bonchev–Trinajstić information content (AvgIpc) is 2.82. The van der Waals surface area contributed by atoms with E-state index in [4.69, 9.17) is 0 Å². The van der Waals surface area contributed by atoms with Crippen LogP contribution in [0.15, 0.2) is 0 Å². The zero-order chi connectivity index (χ0) is 14.2. The summed E-state index contributed by atoms with van der Waals surface area (Å²) < 4.78 is 0. The standard InChI is InChI=1S/C15H25NO3/c1-9-7-10(2)11(3)16(8-9)14(17)12-5-4-6-13(12)15(18)19/h9-13H,4-8H2,1-3H3,(H,18,19). The fourth-order valence-corrected chi connectivity index (χ4v) is 3.77. The number of carbonyl (C=O) groups excluding carboxylic acids is 1. The lowest BCUT2D eigenvalue weighted by atomic mass is 9.84. The molecule has 2 fully saturated rings. The normalized spacial score (nSPS) is 39.3. The third-order valence-electron chi connectivity index (χ3n) is 5.03. The van der Waals surface area contributed by atoms with Crippen molar-refractivity contribution in [2.75, 3.05) is 6.54 Å². The van der Waals surface area contributed by atoms with Crippen LogP contribution in [-0.4, -0.2) is 34.5 Å². The molecule has 1 saturated carbocycles. The smallest absolute Gasteiger partial charge is 0.307 e. The Kier molecular flexibility index (Phi) is 4.16. The summed E-state index contributed by atoms with van der Waals surface area (Å²) in [6, 6.07) is 0.235. The summed E-state index contributed by atoms with van der Waals surface area (Å²) in [6.07, 6.45) is 3.40. The molecule has 1 aliphatic heterocycles.